The fourth-order valence-electron chi connectivity index (χ4n) is 3.59. The van der Waals surface area contributed by atoms with Crippen molar-refractivity contribution < 1.29 is 4.79 Å². The van der Waals surface area contributed by atoms with Crippen LogP contribution in [0.3, 0.4) is 0 Å². The number of rotatable bonds is 7. The van der Waals surface area contributed by atoms with E-state index in [1.807, 2.05) is 48.5 Å². The van der Waals surface area contributed by atoms with Gasteiger partial charge in [0.2, 0.25) is 0 Å². The first-order valence-corrected chi connectivity index (χ1v) is 9.98. The molecule has 0 aliphatic heterocycles. The zero-order chi connectivity index (χ0) is 20.2. The lowest BCUT2D eigenvalue weighted by atomic mass is 10.1. The van der Waals surface area contributed by atoms with Gasteiger partial charge >= 0.3 is 0 Å². The van der Waals surface area contributed by atoms with Crippen LogP contribution in [0.25, 0.3) is 22.3 Å². The van der Waals surface area contributed by atoms with Crippen molar-refractivity contribution in [3.63, 3.8) is 0 Å². The first kappa shape index (κ1) is 18.9. The van der Waals surface area contributed by atoms with Gasteiger partial charge in [-0.2, -0.15) is 5.10 Å². The number of aromatic nitrogens is 4. The molecule has 148 valence electrons. The average Bonchev–Trinajstić information content (AvgIpc) is 3.36. The van der Waals surface area contributed by atoms with Crippen molar-refractivity contribution in [2.24, 2.45) is 0 Å². The van der Waals surface area contributed by atoms with E-state index in [1.165, 1.54) is 0 Å². The SMILES string of the molecule is CC(C)n1c(CCCNC(=O)c2cc(-c3ccccc3)n[nH]2)nc2ccccc21. The molecule has 0 atom stereocenters. The van der Waals surface area contributed by atoms with Crippen LogP contribution >= 0.6 is 0 Å². The monoisotopic (exact) mass is 387 g/mol. The molecule has 4 rings (SSSR count). The Bertz CT molecular complexity index is 1110. The molecule has 29 heavy (non-hydrogen) atoms. The fraction of sp³-hybridized carbons (Fsp3) is 0.261. The van der Waals surface area contributed by atoms with Crippen molar-refractivity contribution in [3.05, 3.63) is 72.2 Å². The summed E-state index contributed by atoms with van der Waals surface area (Å²) in [6.07, 6.45) is 1.63. The molecular weight excluding hydrogens is 362 g/mol. The summed E-state index contributed by atoms with van der Waals surface area (Å²) < 4.78 is 2.28. The number of fused-ring (bicyclic) bond motifs is 1. The molecule has 0 saturated heterocycles. The maximum Gasteiger partial charge on any atom is 0.269 e. The van der Waals surface area contributed by atoms with E-state index in [4.69, 9.17) is 4.98 Å². The van der Waals surface area contributed by atoms with Crippen molar-refractivity contribution in [2.45, 2.75) is 32.7 Å². The van der Waals surface area contributed by atoms with Crippen LogP contribution in [0.4, 0.5) is 0 Å². The minimum atomic E-state index is -0.142. The molecule has 4 aromatic rings. The molecule has 2 N–H and O–H groups in total. The van der Waals surface area contributed by atoms with Gasteiger partial charge in [-0.15, -0.1) is 0 Å². The van der Waals surface area contributed by atoms with Crippen molar-refractivity contribution in [3.8, 4) is 11.3 Å². The van der Waals surface area contributed by atoms with Crippen molar-refractivity contribution >= 4 is 16.9 Å². The number of benzene rings is 2. The molecule has 0 aliphatic carbocycles. The lowest BCUT2D eigenvalue weighted by molar-refractivity contribution is 0.0948. The average molecular weight is 387 g/mol. The number of imidazole rings is 1. The summed E-state index contributed by atoms with van der Waals surface area (Å²) >= 11 is 0. The summed E-state index contributed by atoms with van der Waals surface area (Å²) in [7, 11) is 0. The Morgan fingerprint density at radius 1 is 1.10 bits per heavy atom. The Hall–Kier alpha value is -3.41. The number of hydrogen-bond acceptors (Lipinski definition) is 3. The number of amides is 1. The molecule has 0 unspecified atom stereocenters. The van der Waals surface area contributed by atoms with Crippen LogP contribution < -0.4 is 5.32 Å². The maximum atomic E-state index is 12.4. The third-order valence-electron chi connectivity index (χ3n) is 4.94. The van der Waals surface area contributed by atoms with Crippen molar-refractivity contribution in [1.29, 1.82) is 0 Å². The van der Waals surface area contributed by atoms with Crippen molar-refractivity contribution in [1.82, 2.24) is 25.1 Å². The third kappa shape index (κ3) is 4.06. The minimum Gasteiger partial charge on any atom is -0.351 e. The van der Waals surface area contributed by atoms with Gasteiger partial charge < -0.3 is 9.88 Å². The van der Waals surface area contributed by atoms with Crippen LogP contribution in [0.5, 0.6) is 0 Å². The van der Waals surface area contributed by atoms with Gasteiger partial charge in [-0.25, -0.2) is 4.98 Å². The lowest BCUT2D eigenvalue weighted by Crippen LogP contribution is -2.25. The van der Waals surface area contributed by atoms with E-state index in [1.54, 1.807) is 6.07 Å². The largest absolute Gasteiger partial charge is 0.351 e. The van der Waals surface area contributed by atoms with Gasteiger partial charge in [-0.1, -0.05) is 42.5 Å². The number of nitrogens with zero attached hydrogens (tertiary/aromatic N) is 3. The van der Waals surface area contributed by atoms with Gasteiger partial charge in [-0.3, -0.25) is 9.89 Å². The van der Waals surface area contributed by atoms with E-state index >= 15 is 0 Å². The maximum absolute atomic E-state index is 12.4. The second-order valence-electron chi connectivity index (χ2n) is 7.37. The van der Waals surface area contributed by atoms with E-state index < -0.39 is 0 Å². The van der Waals surface area contributed by atoms with Crippen LogP contribution in [-0.4, -0.2) is 32.2 Å². The van der Waals surface area contributed by atoms with E-state index in [-0.39, 0.29) is 5.91 Å². The number of para-hydroxylation sites is 2. The molecule has 0 bridgehead atoms. The van der Waals surface area contributed by atoms with Gasteiger partial charge in [0, 0.05) is 24.6 Å². The number of aryl methyl sites for hydroxylation is 1. The number of hydrogen-bond donors (Lipinski definition) is 2. The van der Waals surface area contributed by atoms with Gasteiger partial charge in [0.25, 0.3) is 5.91 Å². The summed E-state index contributed by atoms with van der Waals surface area (Å²) in [5, 5.41) is 10.0. The van der Waals surface area contributed by atoms with Crippen LogP contribution in [-0.2, 0) is 6.42 Å². The van der Waals surface area contributed by atoms with E-state index in [9.17, 15) is 4.79 Å². The molecule has 0 saturated carbocycles. The highest BCUT2D eigenvalue weighted by Crippen LogP contribution is 2.21. The number of carbonyl (C=O) groups is 1. The zero-order valence-corrected chi connectivity index (χ0v) is 16.7. The Labute approximate surface area is 170 Å². The molecule has 0 fully saturated rings. The molecule has 6 nitrogen and oxygen atoms in total. The lowest BCUT2D eigenvalue weighted by Gasteiger charge is -2.13. The second kappa shape index (κ2) is 8.31. The third-order valence-corrected chi connectivity index (χ3v) is 4.94. The minimum absolute atomic E-state index is 0.142. The highest BCUT2D eigenvalue weighted by Gasteiger charge is 2.14. The highest BCUT2D eigenvalue weighted by atomic mass is 16.1. The van der Waals surface area contributed by atoms with Crippen LogP contribution in [0.2, 0.25) is 0 Å². The summed E-state index contributed by atoms with van der Waals surface area (Å²) in [5.74, 6) is 0.917. The van der Waals surface area contributed by atoms with Gasteiger partial charge in [0.15, 0.2) is 0 Å². The van der Waals surface area contributed by atoms with E-state index in [0.29, 0.717) is 18.3 Å². The molecule has 2 heterocycles. The van der Waals surface area contributed by atoms with Crippen LogP contribution in [0.15, 0.2) is 60.7 Å². The Balaban J connectivity index is 1.35. The number of H-pyrrole nitrogens is 1. The molecule has 2 aromatic heterocycles. The quantitative estimate of drug-likeness (QED) is 0.462. The smallest absolute Gasteiger partial charge is 0.269 e. The summed E-state index contributed by atoms with van der Waals surface area (Å²) in [6, 6.07) is 20.1. The van der Waals surface area contributed by atoms with Gasteiger partial charge in [0.05, 0.1) is 16.7 Å². The molecule has 1 amide bonds. The summed E-state index contributed by atoms with van der Waals surface area (Å²) in [5.41, 5.74) is 4.40. The zero-order valence-electron chi connectivity index (χ0n) is 16.7. The number of aromatic amines is 1. The Kier molecular flexibility index (Phi) is 5.42. The summed E-state index contributed by atoms with van der Waals surface area (Å²) in [4.78, 5) is 17.2. The normalized spacial score (nSPS) is 11.3. The van der Waals surface area contributed by atoms with Crippen molar-refractivity contribution in [2.75, 3.05) is 6.54 Å². The molecule has 2 aromatic carbocycles. The molecule has 0 spiro atoms. The first-order valence-electron chi connectivity index (χ1n) is 9.98. The fourth-order valence-corrected chi connectivity index (χ4v) is 3.59. The van der Waals surface area contributed by atoms with Crippen LogP contribution in [0.1, 0.15) is 42.6 Å². The Morgan fingerprint density at radius 2 is 1.86 bits per heavy atom. The second-order valence-corrected chi connectivity index (χ2v) is 7.37. The topological polar surface area (TPSA) is 75.6 Å². The van der Waals surface area contributed by atoms with Crippen LogP contribution in [0, 0.1) is 0 Å². The van der Waals surface area contributed by atoms with Gasteiger partial charge in [-0.05, 0) is 38.5 Å². The molecule has 0 radical (unpaired) electrons. The highest BCUT2D eigenvalue weighted by molar-refractivity contribution is 5.93. The van der Waals surface area contributed by atoms with E-state index in [2.05, 4.69) is 40.0 Å². The summed E-state index contributed by atoms with van der Waals surface area (Å²) in [6.45, 7) is 4.92. The first-order chi connectivity index (χ1) is 14.1. The Morgan fingerprint density at radius 3 is 2.66 bits per heavy atom. The number of carbonyl (C=O) groups excluding carboxylic acids is 1. The predicted molar refractivity (Wildman–Crippen MR) is 115 cm³/mol. The predicted octanol–water partition coefficient (Wildman–Crippen LogP) is 4.37. The standard InChI is InChI=1S/C23H25N5O/c1-16(2)28-21-12-7-6-11-18(21)25-22(28)13-8-14-24-23(29)20-15-19(26-27-20)17-9-4-3-5-10-17/h3-7,9-12,15-16H,8,13-14H2,1-2H3,(H,24,29)(H,26,27). The molecule has 6 heteroatoms. The number of nitrogens with one attached hydrogen (secondary N) is 2. The molecular formula is C23H25N5O. The van der Waals surface area contributed by atoms with E-state index in [0.717, 1.165) is 41.0 Å². The van der Waals surface area contributed by atoms with Gasteiger partial charge in [0.1, 0.15) is 11.5 Å². The molecule has 0 aliphatic rings.